The third-order valence-electron chi connectivity index (χ3n) is 2.10. The largest absolute Gasteiger partial charge is 0.443 e. The van der Waals surface area contributed by atoms with Crippen molar-refractivity contribution in [2.24, 2.45) is 0 Å². The molecule has 0 radical (unpaired) electrons. The molecule has 1 amide bonds. The van der Waals surface area contributed by atoms with Crippen molar-refractivity contribution in [1.82, 2.24) is 0 Å². The summed E-state index contributed by atoms with van der Waals surface area (Å²) in [7, 11) is 0. The van der Waals surface area contributed by atoms with Gasteiger partial charge >= 0.3 is 6.09 Å². The summed E-state index contributed by atoms with van der Waals surface area (Å²) < 4.78 is 5.20. The van der Waals surface area contributed by atoms with E-state index >= 15 is 0 Å². The fraction of sp³-hybridized carbons (Fsp3) is 0.462. The van der Waals surface area contributed by atoms with Gasteiger partial charge in [-0.1, -0.05) is 17.7 Å². The van der Waals surface area contributed by atoms with Gasteiger partial charge in [-0.25, -0.2) is 4.79 Å². The third kappa shape index (κ3) is 4.07. The van der Waals surface area contributed by atoms with E-state index in [1.54, 1.807) is 32.9 Å². The third-order valence-corrected chi connectivity index (χ3v) is 2.10. The number of aryl methyl sites for hydroxylation is 1. The van der Waals surface area contributed by atoms with Crippen molar-refractivity contribution in [3.63, 3.8) is 0 Å². The van der Waals surface area contributed by atoms with Crippen LogP contribution in [0.15, 0.2) is 24.3 Å². The predicted molar refractivity (Wildman–Crippen MR) is 67.0 cm³/mol. The van der Waals surface area contributed by atoms with Crippen molar-refractivity contribution in [3.8, 4) is 0 Å². The summed E-state index contributed by atoms with van der Waals surface area (Å²) in [5.74, 6) is 0. The monoisotopic (exact) mass is 237 g/mol. The van der Waals surface area contributed by atoms with Crippen LogP contribution in [-0.2, 0) is 4.74 Å². The van der Waals surface area contributed by atoms with Crippen LogP contribution in [-0.4, -0.2) is 23.5 Å². The minimum absolute atomic E-state index is 0.405. The highest BCUT2D eigenvalue weighted by Crippen LogP contribution is 2.18. The standard InChI is InChI=1S/C13H19NO3/c1-10-5-7-11(8-6-10)14(9-15)12(16)17-13(2,3)4/h5-8,15H,9H2,1-4H3. The minimum atomic E-state index is -0.574. The highest BCUT2D eigenvalue weighted by atomic mass is 16.6. The maximum atomic E-state index is 11.8. The van der Waals surface area contributed by atoms with Gasteiger partial charge < -0.3 is 9.84 Å². The second-order valence-corrected chi connectivity index (χ2v) is 4.89. The second-order valence-electron chi connectivity index (χ2n) is 4.89. The number of amides is 1. The first kappa shape index (κ1) is 13.5. The second kappa shape index (κ2) is 5.19. The van der Waals surface area contributed by atoms with E-state index in [0.717, 1.165) is 5.56 Å². The molecule has 94 valence electrons. The number of rotatable bonds is 2. The molecule has 0 saturated carbocycles. The molecule has 0 heterocycles. The van der Waals surface area contributed by atoms with Gasteiger partial charge in [-0.15, -0.1) is 0 Å². The number of anilines is 1. The SMILES string of the molecule is Cc1ccc(N(CO)C(=O)OC(C)(C)C)cc1. The van der Waals surface area contributed by atoms with Crippen LogP contribution in [0.5, 0.6) is 0 Å². The van der Waals surface area contributed by atoms with Gasteiger partial charge in [-0.05, 0) is 39.8 Å². The van der Waals surface area contributed by atoms with Crippen molar-refractivity contribution in [2.45, 2.75) is 33.3 Å². The topological polar surface area (TPSA) is 49.8 Å². The first-order chi connectivity index (χ1) is 7.83. The van der Waals surface area contributed by atoms with Crippen molar-refractivity contribution in [3.05, 3.63) is 29.8 Å². The lowest BCUT2D eigenvalue weighted by Crippen LogP contribution is -2.37. The van der Waals surface area contributed by atoms with Crippen LogP contribution in [0.1, 0.15) is 26.3 Å². The molecule has 4 heteroatoms. The molecule has 0 aliphatic rings. The number of hydrogen-bond donors (Lipinski definition) is 1. The van der Waals surface area contributed by atoms with Gasteiger partial charge in [0.05, 0.1) is 0 Å². The number of benzene rings is 1. The highest BCUT2D eigenvalue weighted by Gasteiger charge is 2.22. The number of nitrogens with zero attached hydrogens (tertiary/aromatic N) is 1. The van der Waals surface area contributed by atoms with E-state index in [1.165, 1.54) is 4.90 Å². The molecule has 0 spiro atoms. The van der Waals surface area contributed by atoms with Crippen LogP contribution in [0.3, 0.4) is 0 Å². The predicted octanol–water partition coefficient (Wildman–Crippen LogP) is 2.69. The average molecular weight is 237 g/mol. The zero-order valence-corrected chi connectivity index (χ0v) is 10.7. The summed E-state index contributed by atoms with van der Waals surface area (Å²) in [6, 6.07) is 7.30. The molecule has 0 fully saturated rings. The van der Waals surface area contributed by atoms with E-state index in [1.807, 2.05) is 19.1 Å². The van der Waals surface area contributed by atoms with Crippen LogP contribution in [0.25, 0.3) is 0 Å². The number of hydrogen-bond acceptors (Lipinski definition) is 3. The molecule has 0 aliphatic heterocycles. The van der Waals surface area contributed by atoms with Crippen molar-refractivity contribution in [1.29, 1.82) is 0 Å². The number of aliphatic hydroxyl groups is 1. The van der Waals surface area contributed by atoms with Crippen molar-refractivity contribution >= 4 is 11.8 Å². The summed E-state index contributed by atoms with van der Waals surface area (Å²) in [5, 5.41) is 9.24. The molecule has 0 saturated heterocycles. The van der Waals surface area contributed by atoms with Crippen LogP contribution < -0.4 is 4.90 Å². The Labute approximate surface area is 102 Å². The Morgan fingerprint density at radius 3 is 2.24 bits per heavy atom. The Balaban J connectivity index is 2.84. The number of carbonyl (C=O) groups excluding carboxylic acids is 1. The van der Waals surface area contributed by atoms with Gasteiger partial charge in [0.25, 0.3) is 0 Å². The Hall–Kier alpha value is -1.55. The first-order valence-electron chi connectivity index (χ1n) is 5.51. The molecule has 4 nitrogen and oxygen atoms in total. The van der Waals surface area contributed by atoms with E-state index in [4.69, 9.17) is 4.74 Å². The van der Waals surface area contributed by atoms with E-state index in [0.29, 0.717) is 5.69 Å². The Kier molecular flexibility index (Phi) is 4.12. The van der Waals surface area contributed by atoms with E-state index < -0.39 is 18.4 Å². The van der Waals surface area contributed by atoms with Gasteiger partial charge in [0.15, 0.2) is 0 Å². The lowest BCUT2D eigenvalue weighted by molar-refractivity contribution is 0.0546. The first-order valence-corrected chi connectivity index (χ1v) is 5.51. The molecule has 0 bridgehead atoms. The Bertz CT molecular complexity index is 379. The maximum absolute atomic E-state index is 11.8. The van der Waals surface area contributed by atoms with Crippen molar-refractivity contribution < 1.29 is 14.6 Å². The quantitative estimate of drug-likeness (QED) is 0.804. The molecule has 0 aromatic heterocycles. The molecule has 0 atom stereocenters. The summed E-state index contributed by atoms with van der Waals surface area (Å²) in [6.07, 6.45) is -0.552. The fourth-order valence-electron chi connectivity index (χ4n) is 1.29. The molecule has 0 unspecified atom stereocenters. The summed E-state index contributed by atoms with van der Waals surface area (Å²) >= 11 is 0. The summed E-state index contributed by atoms with van der Waals surface area (Å²) in [5.41, 5.74) is 1.14. The number of ether oxygens (including phenoxy) is 1. The molecular formula is C13H19NO3. The van der Waals surface area contributed by atoms with E-state index in [-0.39, 0.29) is 0 Å². The van der Waals surface area contributed by atoms with E-state index in [9.17, 15) is 9.90 Å². The summed E-state index contributed by atoms with van der Waals surface area (Å²) in [4.78, 5) is 13.0. The van der Waals surface area contributed by atoms with Gasteiger partial charge in [-0.3, -0.25) is 4.90 Å². The molecule has 0 aliphatic carbocycles. The maximum Gasteiger partial charge on any atom is 0.416 e. The molecular weight excluding hydrogens is 218 g/mol. The zero-order chi connectivity index (χ0) is 13.1. The Morgan fingerprint density at radius 2 is 1.82 bits per heavy atom. The van der Waals surface area contributed by atoms with Crippen molar-refractivity contribution in [2.75, 3.05) is 11.6 Å². The van der Waals surface area contributed by atoms with Gasteiger partial charge in [0, 0.05) is 5.69 Å². The van der Waals surface area contributed by atoms with Crippen LogP contribution in [0.2, 0.25) is 0 Å². The minimum Gasteiger partial charge on any atom is -0.443 e. The highest BCUT2D eigenvalue weighted by molar-refractivity contribution is 5.87. The Morgan fingerprint density at radius 1 is 1.29 bits per heavy atom. The average Bonchev–Trinajstić information content (AvgIpc) is 2.19. The molecule has 17 heavy (non-hydrogen) atoms. The van der Waals surface area contributed by atoms with E-state index in [2.05, 4.69) is 0 Å². The van der Waals surface area contributed by atoms with Crippen LogP contribution in [0, 0.1) is 6.92 Å². The van der Waals surface area contributed by atoms with Crippen LogP contribution >= 0.6 is 0 Å². The fourth-order valence-corrected chi connectivity index (χ4v) is 1.29. The van der Waals surface area contributed by atoms with Gasteiger partial charge in [0.2, 0.25) is 0 Å². The molecule has 1 rings (SSSR count). The normalized spacial score (nSPS) is 11.1. The number of carbonyl (C=O) groups is 1. The zero-order valence-electron chi connectivity index (χ0n) is 10.7. The summed E-state index contributed by atoms with van der Waals surface area (Å²) in [6.45, 7) is 6.92. The van der Waals surface area contributed by atoms with Gasteiger partial charge in [-0.2, -0.15) is 0 Å². The number of aliphatic hydroxyl groups excluding tert-OH is 1. The smallest absolute Gasteiger partial charge is 0.416 e. The van der Waals surface area contributed by atoms with Gasteiger partial charge in [0.1, 0.15) is 12.3 Å². The molecule has 1 aromatic rings. The van der Waals surface area contributed by atoms with Crippen LogP contribution in [0.4, 0.5) is 10.5 Å². The lowest BCUT2D eigenvalue weighted by Gasteiger charge is -2.26. The molecule has 1 N–H and O–H groups in total. The molecule has 1 aromatic carbocycles. The lowest BCUT2D eigenvalue weighted by atomic mass is 10.2.